The SMILES string of the molecule is Fc1c(F)c2c(F)c(F)c1-c1c(F)c(F)c(c(F)c1F)-c1c(F)c(F)c(c(F)c1F)-c1c(F)c(F)c(c(F)c1F)-c1c(F)c(F)c(c(F)c1F)-c1c(F)c(F)c(c(F)c1F)-c1c(F)c(F)c(c(F)c1F)-c1c(F)c(F)c(c(F)c1F)-c1c(F)c(F)c(c(F)c1F)-c1c(F)c(F)c(c(F)c1F)-c1c(F)c(F)c(c(F)c1F)-c1c(F)c(F)c-2c(F)c1F. The fraction of sp³-hybridized carbons (Fsp3) is 0. The molecule has 46 rings (SSSR count). The molecular weight excluding hydrogens is 1780 g/mol. The molecule has 0 aromatic heterocycles. The molecular formula is C72F48. The Kier molecular flexibility index (Phi) is 20.2. The zero-order chi connectivity index (χ0) is 89.6. The zero-order valence-corrected chi connectivity index (χ0v) is 54.1. The lowest BCUT2D eigenvalue weighted by atomic mass is 9.89. The van der Waals surface area contributed by atoms with Gasteiger partial charge < -0.3 is 0 Å². The van der Waals surface area contributed by atoms with Crippen molar-refractivity contribution < 1.29 is 211 Å². The molecule has 12 aromatic carbocycles. The highest BCUT2D eigenvalue weighted by atomic mass is 19.2. The van der Waals surface area contributed by atoms with Gasteiger partial charge in [-0.2, -0.15) is 0 Å². The van der Waals surface area contributed by atoms with Crippen LogP contribution >= 0.6 is 0 Å². The van der Waals surface area contributed by atoms with E-state index in [-0.39, 0.29) is 0 Å². The Balaban J connectivity index is 1.08. The number of hydrogen-bond donors (Lipinski definition) is 0. The molecule has 0 heterocycles. The zero-order valence-electron chi connectivity index (χ0n) is 54.1. The summed E-state index contributed by atoms with van der Waals surface area (Å²) in [6.07, 6.45) is 0. The number of benzene rings is 12. The van der Waals surface area contributed by atoms with Crippen molar-refractivity contribution in [1.82, 2.24) is 0 Å². The van der Waals surface area contributed by atoms with Gasteiger partial charge >= 0.3 is 0 Å². The van der Waals surface area contributed by atoms with Gasteiger partial charge in [0.05, 0.1) is 134 Å². The fourth-order valence-electron chi connectivity index (χ4n) is 12.8. The van der Waals surface area contributed by atoms with E-state index >= 15 is 211 Å². The quantitative estimate of drug-likeness (QED) is 0.105. The van der Waals surface area contributed by atoms with E-state index in [1.807, 2.05) is 0 Å². The summed E-state index contributed by atoms with van der Waals surface area (Å²) in [5.41, 5.74) is -81.9. The summed E-state index contributed by atoms with van der Waals surface area (Å²) in [5.74, 6) is -183. The number of rotatable bonds is 0. The molecule has 0 spiro atoms. The van der Waals surface area contributed by atoms with Crippen LogP contribution in [-0.4, -0.2) is 0 Å². The van der Waals surface area contributed by atoms with Crippen molar-refractivity contribution in [1.29, 1.82) is 0 Å². The van der Waals surface area contributed by atoms with Crippen LogP contribution in [0.15, 0.2) is 0 Å². The second kappa shape index (κ2) is 28.5. The van der Waals surface area contributed by atoms with E-state index in [1.165, 1.54) is 0 Å². The molecule has 34 aliphatic carbocycles. The van der Waals surface area contributed by atoms with Crippen LogP contribution in [0.25, 0.3) is 134 Å². The van der Waals surface area contributed by atoms with Crippen LogP contribution in [-0.2, 0) is 0 Å². The molecule has 0 aliphatic heterocycles. The Hall–Kier alpha value is -12.7. The van der Waals surface area contributed by atoms with E-state index in [0.717, 1.165) is 0 Å². The van der Waals surface area contributed by atoms with Crippen molar-refractivity contribution in [3.8, 4) is 134 Å². The molecule has 0 saturated heterocycles. The molecule has 24 bridgehead atoms. The fourth-order valence-corrected chi connectivity index (χ4v) is 12.8. The first-order valence-corrected chi connectivity index (χ1v) is 30.1. The highest BCUT2D eigenvalue weighted by Gasteiger charge is 2.48. The molecule has 0 fully saturated rings. The van der Waals surface area contributed by atoms with Gasteiger partial charge in [0.2, 0.25) is 0 Å². The minimum Gasteiger partial charge on any atom is -0.203 e. The van der Waals surface area contributed by atoms with Crippen LogP contribution in [0, 0.1) is 279 Å². The largest absolute Gasteiger partial charge is 0.203 e. The van der Waals surface area contributed by atoms with Crippen LogP contribution in [0.2, 0.25) is 0 Å². The summed E-state index contributed by atoms with van der Waals surface area (Å²) in [6, 6.07) is 0. The average Bonchev–Trinajstić information content (AvgIpc) is 0.720. The van der Waals surface area contributed by atoms with E-state index in [2.05, 4.69) is 0 Å². The second-order valence-electron chi connectivity index (χ2n) is 24.1. The van der Waals surface area contributed by atoms with Crippen LogP contribution < -0.4 is 0 Å². The lowest BCUT2D eigenvalue weighted by Crippen LogP contribution is -2.14. The van der Waals surface area contributed by atoms with Gasteiger partial charge in [0.15, 0.2) is 279 Å². The summed E-state index contributed by atoms with van der Waals surface area (Å²) in [4.78, 5) is 0. The Bertz CT molecular complexity index is 4660. The third kappa shape index (κ3) is 11.0. The molecule has 48 heteroatoms. The molecule has 0 radical (unpaired) electrons. The normalized spacial score (nSPS) is 12.0. The van der Waals surface area contributed by atoms with Crippen molar-refractivity contribution in [2.45, 2.75) is 0 Å². The van der Waals surface area contributed by atoms with Crippen LogP contribution in [0.4, 0.5) is 211 Å². The summed E-state index contributed by atoms with van der Waals surface area (Å²) in [5, 5.41) is 0. The Morgan fingerprint density at radius 2 is 0.0583 bits per heavy atom. The Morgan fingerprint density at radius 3 is 0.0750 bits per heavy atom. The first kappa shape index (κ1) is 85.2. The monoisotopic (exact) mass is 1780 g/mol. The van der Waals surface area contributed by atoms with E-state index in [1.54, 1.807) is 0 Å². The van der Waals surface area contributed by atoms with Gasteiger partial charge in [-0.1, -0.05) is 0 Å². The number of hydrogen-bond acceptors (Lipinski definition) is 0. The van der Waals surface area contributed by atoms with Gasteiger partial charge in [-0.05, 0) is 0 Å². The second-order valence-corrected chi connectivity index (χ2v) is 24.1. The predicted octanol–water partition coefficient (Wildman–Crippen LogP) is 26.7. The van der Waals surface area contributed by atoms with Crippen LogP contribution in [0.5, 0.6) is 0 Å². The maximum Gasteiger partial charge on any atom is 0.170 e. The average molecular weight is 1780 g/mol. The summed E-state index contributed by atoms with van der Waals surface area (Å²) in [7, 11) is 0. The highest BCUT2D eigenvalue weighted by Crippen LogP contribution is 2.55. The van der Waals surface area contributed by atoms with Crippen molar-refractivity contribution in [2.75, 3.05) is 0 Å². The third-order valence-electron chi connectivity index (χ3n) is 18.2. The van der Waals surface area contributed by atoms with Crippen molar-refractivity contribution in [3.63, 3.8) is 0 Å². The predicted molar refractivity (Wildman–Crippen MR) is 303 cm³/mol. The van der Waals surface area contributed by atoms with Gasteiger partial charge in [-0.15, -0.1) is 0 Å². The highest BCUT2D eigenvalue weighted by molar-refractivity contribution is 5.87. The van der Waals surface area contributed by atoms with E-state index in [9.17, 15) is 0 Å². The molecule has 12 aromatic rings. The minimum atomic E-state index is -3.81. The Morgan fingerprint density at radius 1 is 0.0417 bits per heavy atom. The van der Waals surface area contributed by atoms with Crippen molar-refractivity contribution in [3.05, 3.63) is 279 Å². The van der Waals surface area contributed by atoms with E-state index in [0.29, 0.717) is 0 Å². The maximum absolute atomic E-state index is 16.0. The molecule has 0 N–H and O–H groups in total. The standard InChI is InChI=1S/C72F48/c73-25-1-2-27(75)31(79)5(32(80)28(2)76)6-35(83)39(87)9(40(88)36(6)84)10-43(91)47(95)13(48(96)44(10)92)14-51(99)55(103)17(56(104)52(14)100)18-59(107)63(111)21(64(112)60(18)108)22-67(115)71(119)24(72(120)68(22)116)23-69(117)65(113)20(66(114)70(23)118)19-61(109)57(105)16(58(106)62(19)110)15-53(101)49(97)12(50(98)54(15)102)11-45(93)41(89)8(42(90)46(11)94)7-37(85)33(81)4(34(82)38(7)86)3(29(25)77)30(78)26(1)74. The molecule has 624 valence electrons. The summed E-state index contributed by atoms with van der Waals surface area (Å²) < 4.78 is 769. The summed E-state index contributed by atoms with van der Waals surface area (Å²) >= 11 is 0. The smallest absolute Gasteiger partial charge is 0.170 e. The first-order valence-electron chi connectivity index (χ1n) is 30.1. The molecule has 0 nitrogen and oxygen atoms in total. The van der Waals surface area contributed by atoms with Gasteiger partial charge in [-0.3, -0.25) is 0 Å². The topological polar surface area (TPSA) is 0 Å². The Labute approximate surface area is 622 Å². The lowest BCUT2D eigenvalue weighted by molar-refractivity contribution is 0.430. The van der Waals surface area contributed by atoms with E-state index < -0.39 is 413 Å². The van der Waals surface area contributed by atoms with Gasteiger partial charge in [0.1, 0.15) is 0 Å². The van der Waals surface area contributed by atoms with Crippen molar-refractivity contribution in [2.24, 2.45) is 0 Å². The number of halogens is 48. The van der Waals surface area contributed by atoms with Crippen LogP contribution in [0.1, 0.15) is 0 Å². The molecule has 120 heavy (non-hydrogen) atoms. The van der Waals surface area contributed by atoms with Gasteiger partial charge in [0, 0.05) is 0 Å². The molecule has 0 unspecified atom stereocenters. The molecule has 0 amide bonds. The minimum absolute atomic E-state index is 3.41. The van der Waals surface area contributed by atoms with Crippen LogP contribution in [0.3, 0.4) is 0 Å². The van der Waals surface area contributed by atoms with Gasteiger partial charge in [-0.25, -0.2) is 211 Å². The van der Waals surface area contributed by atoms with E-state index in [4.69, 9.17) is 0 Å². The maximum atomic E-state index is 16.0. The van der Waals surface area contributed by atoms with Gasteiger partial charge in [0.25, 0.3) is 0 Å². The molecule has 34 aliphatic rings. The van der Waals surface area contributed by atoms with Crippen molar-refractivity contribution >= 4 is 0 Å². The molecule has 0 atom stereocenters. The molecule has 0 saturated carbocycles. The third-order valence-corrected chi connectivity index (χ3v) is 18.2. The summed E-state index contributed by atoms with van der Waals surface area (Å²) in [6.45, 7) is 0. The first-order chi connectivity index (χ1) is 55.7. The lowest BCUT2D eigenvalue weighted by Gasteiger charge is -2.20.